The summed E-state index contributed by atoms with van der Waals surface area (Å²) in [4.78, 5) is 24.5. The Balaban J connectivity index is 2.12. The van der Waals surface area contributed by atoms with Crippen molar-refractivity contribution in [1.29, 1.82) is 0 Å². The number of anilines is 1. The van der Waals surface area contributed by atoms with Crippen molar-refractivity contribution in [2.45, 2.75) is 19.3 Å². The molecule has 100 valence electrons. The van der Waals surface area contributed by atoms with Gasteiger partial charge in [-0.3, -0.25) is 9.59 Å². The van der Waals surface area contributed by atoms with Gasteiger partial charge < -0.3 is 10.0 Å². The van der Waals surface area contributed by atoms with E-state index in [1.54, 1.807) is 6.07 Å². The standard InChI is InChI=1S/C15H17NO3/c1-2-8-16-9-7-11-10-12(3-4-13(11)16)14(17)5-6-15(18)19/h2-4,10H,1,5-9H2,(H,18,19). The first-order valence-electron chi connectivity index (χ1n) is 6.35. The van der Waals surface area contributed by atoms with Crippen LogP contribution in [0.25, 0.3) is 0 Å². The maximum atomic E-state index is 11.9. The first kappa shape index (κ1) is 13.3. The van der Waals surface area contributed by atoms with Crippen LogP contribution in [0.3, 0.4) is 0 Å². The molecule has 1 aliphatic rings. The molecule has 0 atom stereocenters. The van der Waals surface area contributed by atoms with E-state index in [0.717, 1.165) is 30.8 Å². The summed E-state index contributed by atoms with van der Waals surface area (Å²) in [6.45, 7) is 5.48. The summed E-state index contributed by atoms with van der Waals surface area (Å²) in [5, 5.41) is 8.59. The lowest BCUT2D eigenvalue weighted by Gasteiger charge is -2.16. The molecule has 1 aliphatic heterocycles. The number of hydrogen-bond donors (Lipinski definition) is 1. The molecule has 0 saturated heterocycles. The summed E-state index contributed by atoms with van der Waals surface area (Å²) >= 11 is 0. The molecule has 19 heavy (non-hydrogen) atoms. The molecule has 1 aromatic carbocycles. The second-order valence-electron chi connectivity index (χ2n) is 4.65. The number of rotatable bonds is 6. The lowest BCUT2D eigenvalue weighted by Crippen LogP contribution is -2.19. The van der Waals surface area contributed by atoms with Gasteiger partial charge in [0.25, 0.3) is 0 Å². The summed E-state index contributed by atoms with van der Waals surface area (Å²) in [7, 11) is 0. The first-order valence-corrected chi connectivity index (χ1v) is 6.35. The third-order valence-corrected chi connectivity index (χ3v) is 3.31. The van der Waals surface area contributed by atoms with Crippen LogP contribution in [0.2, 0.25) is 0 Å². The third-order valence-electron chi connectivity index (χ3n) is 3.31. The molecule has 0 unspecified atom stereocenters. The van der Waals surface area contributed by atoms with Gasteiger partial charge in [0.1, 0.15) is 0 Å². The number of carbonyl (C=O) groups is 2. The number of hydrogen-bond acceptors (Lipinski definition) is 3. The topological polar surface area (TPSA) is 57.6 Å². The maximum Gasteiger partial charge on any atom is 0.303 e. The SMILES string of the molecule is C=CCN1CCc2cc(C(=O)CCC(=O)O)ccc21. The molecule has 1 N–H and O–H groups in total. The fourth-order valence-electron chi connectivity index (χ4n) is 2.35. The van der Waals surface area contributed by atoms with E-state index in [0.29, 0.717) is 5.56 Å². The van der Waals surface area contributed by atoms with Crippen LogP contribution < -0.4 is 4.90 Å². The van der Waals surface area contributed by atoms with Crippen LogP contribution in [0, 0.1) is 0 Å². The normalized spacial score (nSPS) is 13.2. The minimum Gasteiger partial charge on any atom is -0.481 e. The predicted octanol–water partition coefficient (Wildman–Crippen LogP) is 2.28. The van der Waals surface area contributed by atoms with Crippen molar-refractivity contribution < 1.29 is 14.7 Å². The van der Waals surface area contributed by atoms with Crippen LogP contribution in [0.5, 0.6) is 0 Å². The Morgan fingerprint density at radius 3 is 2.84 bits per heavy atom. The van der Waals surface area contributed by atoms with Crippen molar-refractivity contribution in [2.75, 3.05) is 18.0 Å². The molecule has 4 nitrogen and oxygen atoms in total. The number of aliphatic carboxylic acids is 1. The highest BCUT2D eigenvalue weighted by molar-refractivity contribution is 5.98. The molecule has 1 heterocycles. The zero-order valence-corrected chi connectivity index (χ0v) is 10.8. The monoisotopic (exact) mass is 259 g/mol. The molecule has 2 rings (SSSR count). The number of carboxylic acid groups (broad SMARTS) is 1. The maximum absolute atomic E-state index is 11.9. The Morgan fingerprint density at radius 1 is 1.37 bits per heavy atom. The Labute approximate surface area is 112 Å². The number of benzene rings is 1. The first-order chi connectivity index (χ1) is 9.11. The van der Waals surface area contributed by atoms with Gasteiger partial charge in [-0.05, 0) is 30.2 Å². The molecule has 0 saturated carbocycles. The minimum atomic E-state index is -0.938. The van der Waals surface area contributed by atoms with E-state index < -0.39 is 5.97 Å². The van der Waals surface area contributed by atoms with Crippen molar-refractivity contribution in [1.82, 2.24) is 0 Å². The van der Waals surface area contributed by atoms with E-state index >= 15 is 0 Å². The lowest BCUT2D eigenvalue weighted by molar-refractivity contribution is -0.136. The van der Waals surface area contributed by atoms with Crippen LogP contribution >= 0.6 is 0 Å². The van der Waals surface area contributed by atoms with Crippen molar-refractivity contribution in [3.8, 4) is 0 Å². The van der Waals surface area contributed by atoms with Gasteiger partial charge in [-0.15, -0.1) is 6.58 Å². The highest BCUT2D eigenvalue weighted by Gasteiger charge is 2.19. The summed E-state index contributed by atoms with van der Waals surface area (Å²) in [5.74, 6) is -1.04. The van der Waals surface area contributed by atoms with Crippen LogP contribution in [0.15, 0.2) is 30.9 Å². The summed E-state index contributed by atoms with van der Waals surface area (Å²) < 4.78 is 0. The van der Waals surface area contributed by atoms with Crippen LogP contribution in [-0.2, 0) is 11.2 Å². The van der Waals surface area contributed by atoms with E-state index in [2.05, 4.69) is 11.5 Å². The van der Waals surface area contributed by atoms with Crippen LogP contribution in [-0.4, -0.2) is 29.9 Å². The molecule has 0 fully saturated rings. The quantitative estimate of drug-likeness (QED) is 0.629. The zero-order valence-electron chi connectivity index (χ0n) is 10.8. The molecule has 1 aromatic rings. The Morgan fingerprint density at radius 2 is 2.16 bits per heavy atom. The molecule has 0 spiro atoms. The van der Waals surface area contributed by atoms with Crippen molar-refractivity contribution >= 4 is 17.4 Å². The average molecular weight is 259 g/mol. The predicted molar refractivity (Wildman–Crippen MR) is 73.8 cm³/mol. The number of Topliss-reactive ketones (excluding diaryl/α,β-unsaturated/α-hetero) is 1. The molecule has 0 radical (unpaired) electrons. The van der Waals surface area contributed by atoms with Crippen molar-refractivity contribution in [3.05, 3.63) is 42.0 Å². The number of nitrogens with zero attached hydrogens (tertiary/aromatic N) is 1. The fourth-order valence-corrected chi connectivity index (χ4v) is 2.35. The lowest BCUT2D eigenvalue weighted by atomic mass is 10.0. The molecule has 0 aromatic heterocycles. The van der Waals surface area contributed by atoms with E-state index in [-0.39, 0.29) is 18.6 Å². The summed E-state index contributed by atoms with van der Waals surface area (Å²) in [6, 6.07) is 5.62. The Kier molecular flexibility index (Phi) is 4.00. The Bertz CT molecular complexity index is 522. The molecular formula is C15H17NO3. The van der Waals surface area contributed by atoms with Gasteiger partial charge in [-0.25, -0.2) is 0 Å². The van der Waals surface area contributed by atoms with Gasteiger partial charge in [0, 0.05) is 30.8 Å². The number of ketones is 1. The summed E-state index contributed by atoms with van der Waals surface area (Å²) in [5.41, 5.74) is 2.91. The fraction of sp³-hybridized carbons (Fsp3) is 0.333. The molecule has 0 amide bonds. The molecule has 4 heteroatoms. The van der Waals surface area contributed by atoms with Gasteiger partial charge in [-0.2, -0.15) is 0 Å². The number of fused-ring (bicyclic) bond motifs is 1. The highest BCUT2D eigenvalue weighted by Crippen LogP contribution is 2.29. The molecular weight excluding hydrogens is 242 g/mol. The highest BCUT2D eigenvalue weighted by atomic mass is 16.4. The average Bonchev–Trinajstić information content (AvgIpc) is 2.79. The number of carbonyl (C=O) groups excluding carboxylic acids is 1. The molecule has 0 aliphatic carbocycles. The third kappa shape index (κ3) is 3.02. The van der Waals surface area contributed by atoms with E-state index in [9.17, 15) is 9.59 Å². The summed E-state index contributed by atoms with van der Waals surface area (Å²) in [6.07, 6.45) is 2.73. The van der Waals surface area contributed by atoms with E-state index in [1.165, 1.54) is 0 Å². The number of carboxylic acids is 1. The second kappa shape index (κ2) is 5.69. The second-order valence-corrected chi connectivity index (χ2v) is 4.65. The Hall–Kier alpha value is -2.10. The van der Waals surface area contributed by atoms with Gasteiger partial charge in [0.2, 0.25) is 0 Å². The van der Waals surface area contributed by atoms with E-state index in [1.807, 2.05) is 18.2 Å². The van der Waals surface area contributed by atoms with Crippen molar-refractivity contribution in [2.24, 2.45) is 0 Å². The largest absolute Gasteiger partial charge is 0.481 e. The van der Waals surface area contributed by atoms with E-state index in [4.69, 9.17) is 5.11 Å². The van der Waals surface area contributed by atoms with Gasteiger partial charge >= 0.3 is 5.97 Å². The smallest absolute Gasteiger partial charge is 0.303 e. The van der Waals surface area contributed by atoms with Crippen LogP contribution in [0.1, 0.15) is 28.8 Å². The van der Waals surface area contributed by atoms with Crippen LogP contribution in [0.4, 0.5) is 5.69 Å². The van der Waals surface area contributed by atoms with Crippen molar-refractivity contribution in [3.63, 3.8) is 0 Å². The van der Waals surface area contributed by atoms with Gasteiger partial charge in [0.05, 0.1) is 6.42 Å². The zero-order chi connectivity index (χ0) is 13.8. The van der Waals surface area contributed by atoms with Gasteiger partial charge in [0.15, 0.2) is 5.78 Å². The van der Waals surface area contributed by atoms with Gasteiger partial charge in [-0.1, -0.05) is 6.08 Å². The molecule has 0 bridgehead atoms. The minimum absolute atomic E-state index is 0.0600.